The van der Waals surface area contributed by atoms with E-state index in [4.69, 9.17) is 9.47 Å². The standard InChI is InChI=1S/C19H26BrF3N2O7S/c1-17(2,3)31-15(26)24-9-10-25(16(27)32-18(4,5)6)33(28,29)14-8-7-12(20)11-13(14)30-19(21,22)23/h7-8,11H,9-10H2,1-6H3,(H,24,26). The number of alkyl halides is 3. The number of hydrogen-bond donors (Lipinski definition) is 1. The summed E-state index contributed by atoms with van der Waals surface area (Å²) < 4.78 is 79.3. The van der Waals surface area contributed by atoms with Gasteiger partial charge in [0.15, 0.2) is 5.75 Å². The fourth-order valence-electron chi connectivity index (χ4n) is 2.21. The Hall–Kier alpha value is -2.22. The molecule has 0 radical (unpaired) electrons. The summed E-state index contributed by atoms with van der Waals surface area (Å²) >= 11 is 2.95. The number of carbonyl (C=O) groups is 2. The van der Waals surface area contributed by atoms with Gasteiger partial charge in [0.2, 0.25) is 0 Å². The van der Waals surface area contributed by atoms with Crippen LogP contribution in [0, 0.1) is 0 Å². The van der Waals surface area contributed by atoms with Crippen molar-refractivity contribution in [3.8, 4) is 5.75 Å². The molecule has 0 fully saturated rings. The van der Waals surface area contributed by atoms with Crippen molar-refractivity contribution in [1.82, 2.24) is 9.62 Å². The molecule has 0 atom stereocenters. The molecule has 0 aromatic heterocycles. The highest BCUT2D eigenvalue weighted by atomic mass is 79.9. The van der Waals surface area contributed by atoms with Crippen LogP contribution in [0.4, 0.5) is 22.8 Å². The number of sulfonamides is 1. The van der Waals surface area contributed by atoms with E-state index in [9.17, 15) is 31.2 Å². The van der Waals surface area contributed by atoms with Crippen LogP contribution in [0.5, 0.6) is 5.75 Å². The lowest BCUT2D eigenvalue weighted by molar-refractivity contribution is -0.275. The quantitative estimate of drug-likeness (QED) is 0.530. The number of benzene rings is 1. The first-order valence-electron chi connectivity index (χ1n) is 9.49. The summed E-state index contributed by atoms with van der Waals surface area (Å²) in [7, 11) is -4.90. The SMILES string of the molecule is CC(C)(C)OC(=O)NCCN(C(=O)OC(C)(C)C)S(=O)(=O)c1ccc(Br)cc1OC(F)(F)F. The molecule has 0 aliphatic carbocycles. The summed E-state index contributed by atoms with van der Waals surface area (Å²) in [6, 6.07) is 2.81. The second-order valence-electron chi connectivity index (χ2n) is 8.63. The van der Waals surface area contributed by atoms with Crippen molar-refractivity contribution in [1.29, 1.82) is 0 Å². The number of amides is 2. The van der Waals surface area contributed by atoms with Gasteiger partial charge in [-0.05, 0) is 59.7 Å². The first-order chi connectivity index (χ1) is 14.7. The van der Waals surface area contributed by atoms with Crippen LogP contribution in [0.1, 0.15) is 41.5 Å². The summed E-state index contributed by atoms with van der Waals surface area (Å²) in [5.41, 5.74) is -1.95. The zero-order chi connectivity index (χ0) is 25.8. The summed E-state index contributed by atoms with van der Waals surface area (Å²) in [6.45, 7) is 8.21. The third kappa shape index (κ3) is 10.1. The maximum atomic E-state index is 13.2. The Morgan fingerprint density at radius 3 is 2.06 bits per heavy atom. The molecule has 0 heterocycles. The maximum Gasteiger partial charge on any atom is 0.573 e. The van der Waals surface area contributed by atoms with E-state index in [-0.39, 0.29) is 8.78 Å². The van der Waals surface area contributed by atoms with Crippen LogP contribution >= 0.6 is 15.9 Å². The zero-order valence-corrected chi connectivity index (χ0v) is 21.3. The molecule has 188 valence electrons. The lowest BCUT2D eigenvalue weighted by Crippen LogP contribution is -2.45. The van der Waals surface area contributed by atoms with E-state index in [1.54, 1.807) is 20.8 Å². The summed E-state index contributed by atoms with van der Waals surface area (Å²) in [6.07, 6.45) is -7.43. The van der Waals surface area contributed by atoms with Gasteiger partial charge in [-0.1, -0.05) is 15.9 Å². The van der Waals surface area contributed by atoms with Gasteiger partial charge in [-0.2, -0.15) is 4.31 Å². The Balaban J connectivity index is 3.32. The highest BCUT2D eigenvalue weighted by Gasteiger charge is 2.38. The van der Waals surface area contributed by atoms with E-state index in [1.807, 2.05) is 0 Å². The Morgan fingerprint density at radius 2 is 1.58 bits per heavy atom. The van der Waals surface area contributed by atoms with Crippen molar-refractivity contribution in [3.05, 3.63) is 22.7 Å². The molecule has 1 aromatic rings. The molecule has 1 N–H and O–H groups in total. The molecule has 0 saturated heterocycles. The number of halogens is 4. The maximum absolute atomic E-state index is 13.2. The molecule has 9 nitrogen and oxygen atoms in total. The van der Waals surface area contributed by atoms with Crippen molar-refractivity contribution < 1.29 is 45.4 Å². The molecule has 0 unspecified atom stereocenters. The van der Waals surface area contributed by atoms with Crippen LogP contribution in [0.2, 0.25) is 0 Å². The number of nitrogens with one attached hydrogen (secondary N) is 1. The largest absolute Gasteiger partial charge is 0.573 e. The number of ether oxygens (including phenoxy) is 3. The molecule has 0 aliphatic heterocycles. The normalized spacial score (nSPS) is 12.7. The molecule has 0 bridgehead atoms. The zero-order valence-electron chi connectivity index (χ0n) is 18.9. The molecular weight excluding hydrogens is 537 g/mol. The fourth-order valence-corrected chi connectivity index (χ4v) is 3.95. The topological polar surface area (TPSA) is 111 Å². The van der Waals surface area contributed by atoms with Crippen LogP contribution in [-0.2, 0) is 19.5 Å². The van der Waals surface area contributed by atoms with E-state index < -0.39 is 63.5 Å². The lowest BCUT2D eigenvalue weighted by atomic mass is 10.2. The number of hydrogen-bond acceptors (Lipinski definition) is 7. The van der Waals surface area contributed by atoms with Crippen LogP contribution < -0.4 is 10.1 Å². The second-order valence-corrected chi connectivity index (χ2v) is 11.4. The Labute approximate surface area is 198 Å². The van der Waals surface area contributed by atoms with E-state index in [1.165, 1.54) is 26.8 Å². The first kappa shape index (κ1) is 28.8. The highest BCUT2D eigenvalue weighted by molar-refractivity contribution is 9.10. The van der Waals surface area contributed by atoms with Crippen molar-refractivity contribution in [2.24, 2.45) is 0 Å². The van der Waals surface area contributed by atoms with Crippen LogP contribution in [0.3, 0.4) is 0 Å². The van der Waals surface area contributed by atoms with Gasteiger partial charge in [-0.25, -0.2) is 18.0 Å². The van der Waals surface area contributed by atoms with E-state index >= 15 is 0 Å². The van der Waals surface area contributed by atoms with Crippen molar-refractivity contribution >= 4 is 38.1 Å². The molecule has 1 rings (SSSR count). The molecule has 0 aliphatic rings. The summed E-state index contributed by atoms with van der Waals surface area (Å²) in [5.74, 6) is -1.05. The average molecular weight is 563 g/mol. The lowest BCUT2D eigenvalue weighted by Gasteiger charge is -2.28. The Kier molecular flexibility index (Phi) is 9.05. The van der Waals surface area contributed by atoms with Crippen molar-refractivity contribution in [2.75, 3.05) is 13.1 Å². The number of nitrogens with zero attached hydrogens (tertiary/aromatic N) is 1. The van der Waals surface area contributed by atoms with Gasteiger partial charge < -0.3 is 19.5 Å². The molecule has 33 heavy (non-hydrogen) atoms. The third-order valence-corrected chi connectivity index (χ3v) is 5.58. The van der Waals surface area contributed by atoms with E-state index in [0.717, 1.165) is 12.1 Å². The van der Waals surface area contributed by atoms with E-state index in [2.05, 4.69) is 26.0 Å². The van der Waals surface area contributed by atoms with Crippen LogP contribution in [-0.4, -0.2) is 55.6 Å². The van der Waals surface area contributed by atoms with Gasteiger partial charge in [0, 0.05) is 11.0 Å². The number of carbonyl (C=O) groups excluding carboxylic acids is 2. The predicted octanol–water partition coefficient (Wildman–Crippen LogP) is 4.80. The van der Waals surface area contributed by atoms with Crippen LogP contribution in [0.15, 0.2) is 27.6 Å². The summed E-state index contributed by atoms with van der Waals surface area (Å²) in [5, 5.41) is 2.28. The highest BCUT2D eigenvalue weighted by Crippen LogP contribution is 2.34. The minimum Gasteiger partial charge on any atom is -0.444 e. The molecular formula is C19H26BrF3N2O7S. The number of rotatable bonds is 6. The predicted molar refractivity (Wildman–Crippen MR) is 115 cm³/mol. The molecule has 0 saturated carbocycles. The van der Waals surface area contributed by atoms with Crippen LogP contribution in [0.25, 0.3) is 0 Å². The van der Waals surface area contributed by atoms with E-state index in [0.29, 0.717) is 0 Å². The summed E-state index contributed by atoms with van der Waals surface area (Å²) in [4.78, 5) is 23.6. The average Bonchev–Trinajstić information content (AvgIpc) is 2.53. The molecule has 1 aromatic carbocycles. The number of alkyl carbamates (subject to hydrolysis) is 1. The first-order valence-corrected chi connectivity index (χ1v) is 11.7. The van der Waals surface area contributed by atoms with Crippen molar-refractivity contribution in [3.63, 3.8) is 0 Å². The van der Waals surface area contributed by atoms with Crippen molar-refractivity contribution in [2.45, 2.75) is 64.0 Å². The molecule has 0 spiro atoms. The minimum atomic E-state index is -5.19. The van der Waals surface area contributed by atoms with Gasteiger partial charge in [-0.3, -0.25) is 0 Å². The molecule has 2 amide bonds. The smallest absolute Gasteiger partial charge is 0.444 e. The van der Waals surface area contributed by atoms with Gasteiger partial charge >= 0.3 is 18.5 Å². The third-order valence-electron chi connectivity index (χ3n) is 3.28. The fraction of sp³-hybridized carbons (Fsp3) is 0.579. The van der Waals surface area contributed by atoms with Gasteiger partial charge in [0.25, 0.3) is 10.0 Å². The Morgan fingerprint density at radius 1 is 1.03 bits per heavy atom. The molecule has 14 heteroatoms. The monoisotopic (exact) mass is 562 g/mol. The second kappa shape index (κ2) is 10.4. The van der Waals surface area contributed by atoms with Gasteiger partial charge in [0.05, 0.1) is 6.54 Å². The minimum absolute atomic E-state index is 0.108. The van der Waals surface area contributed by atoms with Gasteiger partial charge in [-0.15, -0.1) is 13.2 Å². The Bertz CT molecular complexity index is 971. The van der Waals surface area contributed by atoms with Gasteiger partial charge in [0.1, 0.15) is 16.1 Å².